The van der Waals surface area contributed by atoms with Crippen molar-refractivity contribution in [1.82, 2.24) is 9.55 Å². The van der Waals surface area contributed by atoms with Crippen LogP contribution in [0.15, 0.2) is 36.9 Å². The number of carboxylic acid groups (broad SMARTS) is 1. The molecule has 152 valence electrons. The molecule has 0 spiro atoms. The van der Waals surface area contributed by atoms with Crippen molar-refractivity contribution in [2.75, 3.05) is 18.6 Å². The summed E-state index contributed by atoms with van der Waals surface area (Å²) in [6.07, 6.45) is 6.29. The number of hydrogen-bond acceptors (Lipinski definition) is 6. The molecule has 10 heteroatoms. The molecule has 0 aliphatic carbocycles. The summed E-state index contributed by atoms with van der Waals surface area (Å²) in [4.78, 5) is 16.0. The van der Waals surface area contributed by atoms with Crippen LogP contribution in [-0.2, 0) is 26.6 Å². The maximum absolute atomic E-state index is 12.0. The van der Waals surface area contributed by atoms with Gasteiger partial charge in [-0.25, -0.2) is 4.98 Å². The average molecular weight is 446 g/mol. The minimum atomic E-state index is -1.58. The normalized spacial score (nSPS) is 24.2. The number of nitrogens with zero attached hydrogens (tertiary/aromatic N) is 2. The third-order valence-corrected chi connectivity index (χ3v) is 5.94. The average Bonchev–Trinajstić information content (AvgIpc) is 3.30. The lowest BCUT2D eigenvalue weighted by Crippen LogP contribution is -2.59. The molecule has 0 radical (unpaired) electrons. The van der Waals surface area contributed by atoms with Crippen LogP contribution in [0.3, 0.4) is 0 Å². The van der Waals surface area contributed by atoms with Gasteiger partial charge in [-0.1, -0.05) is 29.3 Å². The second-order valence-corrected chi connectivity index (χ2v) is 8.45. The monoisotopic (exact) mass is 445 g/mol. The van der Waals surface area contributed by atoms with Crippen molar-refractivity contribution in [3.8, 4) is 0 Å². The fourth-order valence-electron chi connectivity index (χ4n) is 3.17. The maximum atomic E-state index is 12.0. The zero-order chi connectivity index (χ0) is 20.4. The zero-order valence-corrected chi connectivity index (χ0v) is 17.5. The van der Waals surface area contributed by atoms with Crippen molar-refractivity contribution >= 4 is 40.9 Å². The van der Waals surface area contributed by atoms with Gasteiger partial charge in [0.2, 0.25) is 5.79 Å². The molecule has 3 N–H and O–H groups in total. The van der Waals surface area contributed by atoms with E-state index in [-0.39, 0.29) is 19.6 Å². The first-order chi connectivity index (χ1) is 13.3. The molecule has 1 fully saturated rings. The number of imidazole rings is 1. The molecule has 1 aliphatic heterocycles. The second-order valence-electron chi connectivity index (χ2n) is 6.62. The van der Waals surface area contributed by atoms with Crippen molar-refractivity contribution in [3.05, 3.63) is 52.5 Å². The van der Waals surface area contributed by atoms with E-state index >= 15 is 0 Å². The molecule has 2 aromatic rings. The Morgan fingerprint density at radius 3 is 2.93 bits per heavy atom. The number of benzene rings is 1. The first-order valence-corrected chi connectivity index (χ1v) is 10.7. The molecule has 0 saturated carbocycles. The number of aromatic nitrogens is 2. The SMILES string of the molecule is CSCCC(N)(C(=O)O)C1COC(Cn2ccnc2)(c2ccc(Cl)cc2Cl)O1. The van der Waals surface area contributed by atoms with E-state index in [0.717, 1.165) is 0 Å². The number of ether oxygens (including phenoxy) is 2. The van der Waals surface area contributed by atoms with Gasteiger partial charge >= 0.3 is 5.97 Å². The third kappa shape index (κ3) is 4.17. The molecule has 28 heavy (non-hydrogen) atoms. The van der Waals surface area contributed by atoms with Gasteiger partial charge in [-0.3, -0.25) is 4.79 Å². The summed E-state index contributed by atoms with van der Waals surface area (Å²) >= 11 is 14.0. The highest BCUT2D eigenvalue weighted by atomic mass is 35.5. The Morgan fingerprint density at radius 1 is 1.54 bits per heavy atom. The Balaban J connectivity index is 1.98. The number of thioether (sulfide) groups is 1. The van der Waals surface area contributed by atoms with E-state index in [0.29, 0.717) is 21.4 Å². The summed E-state index contributed by atoms with van der Waals surface area (Å²) in [6, 6.07) is 4.98. The Labute approximate surface area is 177 Å². The van der Waals surface area contributed by atoms with Crippen LogP contribution in [0.1, 0.15) is 12.0 Å². The van der Waals surface area contributed by atoms with Gasteiger partial charge in [0.1, 0.15) is 11.6 Å². The number of carboxylic acids is 1. The first-order valence-electron chi connectivity index (χ1n) is 8.55. The molecule has 3 unspecified atom stereocenters. The van der Waals surface area contributed by atoms with Gasteiger partial charge < -0.3 is 24.9 Å². The number of aliphatic carboxylic acids is 1. The number of nitrogens with two attached hydrogens (primary N) is 1. The van der Waals surface area contributed by atoms with E-state index in [2.05, 4.69) is 4.98 Å². The molecular weight excluding hydrogens is 425 g/mol. The molecule has 1 aromatic heterocycles. The summed E-state index contributed by atoms with van der Waals surface area (Å²) in [6.45, 7) is 0.244. The summed E-state index contributed by atoms with van der Waals surface area (Å²) in [7, 11) is 0. The first kappa shape index (κ1) is 21.4. The fraction of sp³-hybridized carbons (Fsp3) is 0.444. The van der Waals surface area contributed by atoms with Crippen LogP contribution in [0.2, 0.25) is 10.0 Å². The molecule has 0 bridgehead atoms. The quantitative estimate of drug-likeness (QED) is 0.643. The van der Waals surface area contributed by atoms with E-state index in [4.69, 9.17) is 38.4 Å². The Hall–Kier alpha value is -1.29. The third-order valence-electron chi connectivity index (χ3n) is 4.78. The number of rotatable bonds is 8. The van der Waals surface area contributed by atoms with Gasteiger partial charge in [0, 0.05) is 23.0 Å². The predicted octanol–water partition coefficient (Wildman–Crippen LogP) is 2.99. The van der Waals surface area contributed by atoms with Crippen molar-refractivity contribution in [2.24, 2.45) is 5.73 Å². The van der Waals surface area contributed by atoms with Crippen LogP contribution in [-0.4, -0.2) is 50.9 Å². The van der Waals surface area contributed by atoms with E-state index in [1.807, 2.05) is 6.26 Å². The Bertz CT molecular complexity index is 838. The van der Waals surface area contributed by atoms with E-state index in [1.165, 1.54) is 11.8 Å². The molecule has 1 aliphatic rings. The highest BCUT2D eigenvalue weighted by Gasteiger charge is 2.54. The maximum Gasteiger partial charge on any atom is 0.326 e. The molecule has 3 rings (SSSR count). The van der Waals surface area contributed by atoms with Crippen molar-refractivity contribution in [3.63, 3.8) is 0 Å². The van der Waals surface area contributed by atoms with Crippen LogP contribution in [0.25, 0.3) is 0 Å². The number of carbonyl (C=O) groups is 1. The van der Waals surface area contributed by atoms with Crippen LogP contribution in [0.5, 0.6) is 0 Å². The molecule has 2 heterocycles. The van der Waals surface area contributed by atoms with Crippen LogP contribution in [0, 0.1) is 0 Å². The van der Waals surface area contributed by atoms with Crippen LogP contribution < -0.4 is 5.73 Å². The van der Waals surface area contributed by atoms with Gasteiger partial charge in [0.25, 0.3) is 0 Å². The Morgan fingerprint density at radius 2 is 2.32 bits per heavy atom. The van der Waals surface area contributed by atoms with Gasteiger partial charge in [0.05, 0.1) is 24.5 Å². The molecule has 0 amide bonds. The van der Waals surface area contributed by atoms with Crippen LogP contribution >= 0.6 is 35.0 Å². The highest BCUT2D eigenvalue weighted by Crippen LogP contribution is 2.42. The van der Waals surface area contributed by atoms with Gasteiger partial charge in [-0.05, 0) is 30.6 Å². The predicted molar refractivity (Wildman–Crippen MR) is 109 cm³/mol. The molecule has 7 nitrogen and oxygen atoms in total. The van der Waals surface area contributed by atoms with E-state index in [1.54, 1.807) is 41.5 Å². The summed E-state index contributed by atoms with van der Waals surface area (Å²) in [5.74, 6) is -1.86. The standard InChI is InChI=1S/C18H21Cl2N3O4S/c1-28-7-4-17(21,16(24)25)15-9-26-18(27-15,10-23-6-5-22-11-23)13-3-2-12(19)8-14(13)20/h2-3,5-6,8,11,15H,4,7,9-10,21H2,1H3,(H,24,25). The second kappa shape index (κ2) is 8.61. The number of hydrogen-bond donors (Lipinski definition) is 2. The van der Waals surface area contributed by atoms with Crippen molar-refractivity contribution in [1.29, 1.82) is 0 Å². The molecule has 1 saturated heterocycles. The molecule has 1 aromatic carbocycles. The van der Waals surface area contributed by atoms with Crippen LogP contribution in [0.4, 0.5) is 0 Å². The minimum absolute atomic E-state index is 0.0187. The molecule has 3 atom stereocenters. The van der Waals surface area contributed by atoms with Gasteiger partial charge in [-0.15, -0.1) is 0 Å². The van der Waals surface area contributed by atoms with E-state index in [9.17, 15) is 9.90 Å². The Kier molecular flexibility index (Phi) is 6.58. The van der Waals surface area contributed by atoms with Gasteiger partial charge in [-0.2, -0.15) is 11.8 Å². The van der Waals surface area contributed by atoms with Gasteiger partial charge in [0.15, 0.2) is 0 Å². The summed E-state index contributed by atoms with van der Waals surface area (Å²) in [5.41, 5.74) is 5.24. The smallest absolute Gasteiger partial charge is 0.326 e. The summed E-state index contributed by atoms with van der Waals surface area (Å²) < 4.78 is 14.1. The van der Waals surface area contributed by atoms with E-state index < -0.39 is 23.4 Å². The lowest BCUT2D eigenvalue weighted by atomic mass is 9.91. The number of halogens is 2. The highest BCUT2D eigenvalue weighted by molar-refractivity contribution is 7.98. The minimum Gasteiger partial charge on any atom is -0.480 e. The zero-order valence-electron chi connectivity index (χ0n) is 15.2. The lowest BCUT2D eigenvalue weighted by molar-refractivity contribution is -0.196. The fourth-order valence-corrected chi connectivity index (χ4v) is 4.26. The van der Waals surface area contributed by atoms with Crippen molar-refractivity contribution < 1.29 is 19.4 Å². The molecular formula is C18H21Cl2N3O4S. The topological polar surface area (TPSA) is 99.6 Å². The van der Waals surface area contributed by atoms with Crippen molar-refractivity contribution in [2.45, 2.75) is 30.4 Å². The lowest BCUT2D eigenvalue weighted by Gasteiger charge is -2.33. The largest absolute Gasteiger partial charge is 0.480 e. The summed E-state index contributed by atoms with van der Waals surface area (Å²) in [5, 5.41) is 10.6.